The highest BCUT2D eigenvalue weighted by Gasteiger charge is 2.24. The average molecular weight is 403 g/mol. The van der Waals surface area contributed by atoms with Gasteiger partial charge in [0, 0.05) is 10.7 Å². The molecule has 0 bridgehead atoms. The number of nitrogens with zero attached hydrogens (tertiary/aromatic N) is 1. The number of piperazine rings is 1. The molecule has 0 aromatic heterocycles. The number of amides is 1. The molecule has 3 rings (SSSR count). The number of carbonyl (C=O) groups excluding carboxylic acids is 2. The number of anilines is 2. The van der Waals surface area contributed by atoms with Gasteiger partial charge in [0.25, 0.3) is 5.91 Å². The second-order valence-electron chi connectivity index (χ2n) is 6.93. The molecular formula is C21H25ClN3O3+. The molecule has 28 heavy (non-hydrogen) atoms. The number of esters is 1. The van der Waals surface area contributed by atoms with E-state index in [-0.39, 0.29) is 5.91 Å². The number of hydrogen-bond donors (Lipinski definition) is 2. The van der Waals surface area contributed by atoms with Gasteiger partial charge in [-0.1, -0.05) is 29.8 Å². The molecule has 1 fully saturated rings. The highest BCUT2D eigenvalue weighted by Crippen LogP contribution is 2.24. The molecule has 1 aliphatic heterocycles. The smallest absolute Gasteiger partial charge is 0.339 e. The first-order chi connectivity index (χ1) is 13.5. The highest BCUT2D eigenvalue weighted by molar-refractivity contribution is 6.30. The van der Waals surface area contributed by atoms with Crippen LogP contribution in [-0.4, -0.2) is 51.7 Å². The minimum atomic E-state index is -0.464. The van der Waals surface area contributed by atoms with Gasteiger partial charge in [-0.25, -0.2) is 4.79 Å². The van der Waals surface area contributed by atoms with Gasteiger partial charge in [0.15, 0.2) is 6.54 Å². The molecule has 1 amide bonds. The lowest BCUT2D eigenvalue weighted by Crippen LogP contribution is -3.15. The fourth-order valence-corrected chi connectivity index (χ4v) is 3.63. The third-order valence-electron chi connectivity index (χ3n) is 5.00. The Labute approximate surface area is 170 Å². The summed E-state index contributed by atoms with van der Waals surface area (Å²) in [6.45, 7) is 5.89. The largest absolute Gasteiger partial charge is 0.465 e. The lowest BCUT2D eigenvalue weighted by atomic mass is 10.1. The molecule has 6 nitrogen and oxygen atoms in total. The second kappa shape index (κ2) is 9.08. The maximum atomic E-state index is 12.5. The monoisotopic (exact) mass is 402 g/mol. The number of nitrogens with one attached hydrogen (secondary N) is 2. The van der Waals surface area contributed by atoms with Crippen molar-refractivity contribution in [3.8, 4) is 0 Å². The van der Waals surface area contributed by atoms with Gasteiger partial charge in [-0.05, 0) is 36.8 Å². The molecule has 1 aliphatic rings. The van der Waals surface area contributed by atoms with Crippen molar-refractivity contribution in [1.29, 1.82) is 0 Å². The SMILES string of the molecule is COC(=O)c1ccccc1NC(=O)C[NH+]1CCN(c2cc(Cl)ccc2C)CC1. The number of hydrogen-bond acceptors (Lipinski definition) is 4. The van der Waals surface area contributed by atoms with Crippen LogP contribution in [-0.2, 0) is 9.53 Å². The molecule has 0 radical (unpaired) electrons. The van der Waals surface area contributed by atoms with E-state index >= 15 is 0 Å². The van der Waals surface area contributed by atoms with Crippen molar-refractivity contribution < 1.29 is 19.2 Å². The topological polar surface area (TPSA) is 63.1 Å². The number of benzene rings is 2. The average Bonchev–Trinajstić information content (AvgIpc) is 2.70. The summed E-state index contributed by atoms with van der Waals surface area (Å²) in [5.41, 5.74) is 3.19. The van der Waals surface area contributed by atoms with E-state index < -0.39 is 5.97 Å². The Morgan fingerprint density at radius 1 is 1.18 bits per heavy atom. The molecule has 148 valence electrons. The third kappa shape index (κ3) is 4.82. The molecule has 2 N–H and O–H groups in total. The summed E-state index contributed by atoms with van der Waals surface area (Å²) in [6, 6.07) is 12.8. The normalized spacial score (nSPS) is 14.6. The van der Waals surface area contributed by atoms with E-state index in [9.17, 15) is 9.59 Å². The fraction of sp³-hybridized carbons (Fsp3) is 0.333. The van der Waals surface area contributed by atoms with Gasteiger partial charge in [0.05, 0.1) is 44.5 Å². The number of ether oxygens (including phenoxy) is 1. The predicted octanol–water partition coefficient (Wildman–Crippen LogP) is 1.78. The number of halogens is 1. The first-order valence-corrected chi connectivity index (χ1v) is 9.67. The number of aryl methyl sites for hydroxylation is 1. The maximum Gasteiger partial charge on any atom is 0.339 e. The summed E-state index contributed by atoms with van der Waals surface area (Å²) in [5.74, 6) is -0.576. The van der Waals surface area contributed by atoms with Gasteiger partial charge in [0.1, 0.15) is 0 Å². The Morgan fingerprint density at radius 3 is 2.61 bits per heavy atom. The first-order valence-electron chi connectivity index (χ1n) is 9.30. The van der Waals surface area contributed by atoms with Crippen LogP contribution in [0.4, 0.5) is 11.4 Å². The molecular weight excluding hydrogens is 378 g/mol. The number of quaternary nitrogens is 1. The van der Waals surface area contributed by atoms with Gasteiger partial charge < -0.3 is 19.9 Å². The zero-order valence-corrected chi connectivity index (χ0v) is 16.9. The van der Waals surface area contributed by atoms with Crippen molar-refractivity contribution in [2.45, 2.75) is 6.92 Å². The van der Waals surface area contributed by atoms with Crippen LogP contribution in [0, 0.1) is 6.92 Å². The second-order valence-corrected chi connectivity index (χ2v) is 7.37. The van der Waals surface area contributed by atoms with Crippen LogP contribution in [0.15, 0.2) is 42.5 Å². The van der Waals surface area contributed by atoms with Crippen molar-refractivity contribution in [2.24, 2.45) is 0 Å². The summed E-state index contributed by atoms with van der Waals surface area (Å²) >= 11 is 6.14. The Balaban J connectivity index is 1.56. The Kier molecular flexibility index (Phi) is 6.54. The third-order valence-corrected chi connectivity index (χ3v) is 5.23. The minimum absolute atomic E-state index is 0.112. The van der Waals surface area contributed by atoms with Crippen LogP contribution >= 0.6 is 11.6 Å². The lowest BCUT2D eigenvalue weighted by molar-refractivity contribution is -0.892. The van der Waals surface area contributed by atoms with Gasteiger partial charge in [-0.2, -0.15) is 0 Å². The van der Waals surface area contributed by atoms with Crippen molar-refractivity contribution >= 4 is 34.9 Å². The first kappa shape index (κ1) is 20.2. The van der Waals surface area contributed by atoms with Crippen LogP contribution in [0.5, 0.6) is 0 Å². The lowest BCUT2D eigenvalue weighted by Gasteiger charge is -2.34. The van der Waals surface area contributed by atoms with Crippen LogP contribution < -0.4 is 15.1 Å². The quantitative estimate of drug-likeness (QED) is 0.748. The van der Waals surface area contributed by atoms with Gasteiger partial charge in [-0.15, -0.1) is 0 Å². The summed E-state index contributed by atoms with van der Waals surface area (Å²) < 4.78 is 4.77. The molecule has 0 aliphatic carbocycles. The van der Waals surface area contributed by atoms with Gasteiger partial charge >= 0.3 is 5.97 Å². The number of carbonyl (C=O) groups is 2. The van der Waals surface area contributed by atoms with Gasteiger partial charge in [-0.3, -0.25) is 4.79 Å². The molecule has 2 aromatic rings. The van der Waals surface area contributed by atoms with Crippen molar-refractivity contribution in [2.75, 3.05) is 50.1 Å². The van der Waals surface area contributed by atoms with Crippen LogP contribution in [0.3, 0.4) is 0 Å². The molecule has 0 atom stereocenters. The van der Waals surface area contributed by atoms with E-state index in [1.165, 1.54) is 17.6 Å². The molecule has 0 spiro atoms. The summed E-state index contributed by atoms with van der Waals surface area (Å²) in [7, 11) is 1.33. The summed E-state index contributed by atoms with van der Waals surface area (Å²) in [4.78, 5) is 27.8. The summed E-state index contributed by atoms with van der Waals surface area (Å²) in [5, 5.41) is 3.58. The van der Waals surface area contributed by atoms with E-state index in [2.05, 4.69) is 17.1 Å². The van der Waals surface area contributed by atoms with Crippen molar-refractivity contribution in [3.05, 3.63) is 58.6 Å². The Morgan fingerprint density at radius 2 is 1.89 bits per heavy atom. The maximum absolute atomic E-state index is 12.5. The van der Waals surface area contributed by atoms with E-state index in [1.54, 1.807) is 24.3 Å². The minimum Gasteiger partial charge on any atom is -0.465 e. The molecule has 7 heteroatoms. The van der Waals surface area contributed by atoms with Crippen molar-refractivity contribution in [1.82, 2.24) is 0 Å². The van der Waals surface area contributed by atoms with E-state index in [0.717, 1.165) is 36.9 Å². The van der Waals surface area contributed by atoms with Crippen LogP contribution in [0.25, 0.3) is 0 Å². The van der Waals surface area contributed by atoms with Crippen LogP contribution in [0.1, 0.15) is 15.9 Å². The molecule has 2 aromatic carbocycles. The number of para-hydroxylation sites is 1. The molecule has 1 heterocycles. The van der Waals surface area contributed by atoms with E-state index in [0.29, 0.717) is 17.8 Å². The Hall–Kier alpha value is -2.57. The Bertz CT molecular complexity index is 864. The predicted molar refractivity (Wildman–Crippen MR) is 110 cm³/mol. The highest BCUT2D eigenvalue weighted by atomic mass is 35.5. The molecule has 0 unspecified atom stereocenters. The summed E-state index contributed by atoms with van der Waals surface area (Å²) in [6.07, 6.45) is 0. The number of rotatable bonds is 5. The fourth-order valence-electron chi connectivity index (χ4n) is 3.47. The zero-order chi connectivity index (χ0) is 20.1. The standard InChI is InChI=1S/C21H24ClN3O3/c1-15-7-8-16(22)13-19(15)25-11-9-24(10-12-25)14-20(26)23-18-6-4-3-5-17(18)21(27)28-2/h3-8,13H,9-12,14H2,1-2H3,(H,23,26)/p+1. The van der Waals surface area contributed by atoms with Gasteiger partial charge in [0.2, 0.25) is 0 Å². The zero-order valence-electron chi connectivity index (χ0n) is 16.1. The van der Waals surface area contributed by atoms with Crippen LogP contribution in [0.2, 0.25) is 5.02 Å². The molecule has 0 saturated carbocycles. The van der Waals surface area contributed by atoms with E-state index in [1.807, 2.05) is 18.2 Å². The van der Waals surface area contributed by atoms with Crippen molar-refractivity contribution in [3.63, 3.8) is 0 Å². The number of methoxy groups -OCH3 is 1. The van der Waals surface area contributed by atoms with E-state index in [4.69, 9.17) is 16.3 Å². The molecule has 1 saturated heterocycles.